The number of halogens is 4. The number of hydrogen-bond donors (Lipinski definition) is 1. The van der Waals surface area contributed by atoms with E-state index in [-0.39, 0.29) is 52.8 Å². The minimum Gasteiger partial charge on any atom is -0.480 e. The fourth-order valence-corrected chi connectivity index (χ4v) is 6.30. The van der Waals surface area contributed by atoms with Crippen LogP contribution in [0.25, 0.3) is 22.1 Å². The van der Waals surface area contributed by atoms with Crippen molar-refractivity contribution in [3.63, 3.8) is 0 Å². The summed E-state index contributed by atoms with van der Waals surface area (Å²) in [4.78, 5) is 28.2. The van der Waals surface area contributed by atoms with Gasteiger partial charge >= 0.3 is 5.97 Å². The molecule has 2 aliphatic rings. The molecule has 2 aliphatic heterocycles. The molecule has 4 aromatic rings. The number of likely N-dealkylation sites (tertiary alicyclic amines) is 1. The SMILES string of the molecule is CCOCN1CC[C@](F)(c2cc(Cl)cnc2O[C@H]2C[C@@H](C(=O)O)N(c3nc(C(F)F)nc4c3oc3ccccc34)C2)[C@@H](C)C1. The van der Waals surface area contributed by atoms with E-state index in [1.807, 2.05) is 11.8 Å². The molecule has 0 amide bonds. The minimum atomic E-state index is -3.01. The van der Waals surface area contributed by atoms with Crippen molar-refractivity contribution >= 4 is 45.5 Å². The Morgan fingerprint density at radius 1 is 1.27 bits per heavy atom. The lowest BCUT2D eigenvalue weighted by molar-refractivity contribution is -0.138. The molecular formula is C30H31ClF3N5O5. The van der Waals surface area contributed by atoms with Crippen LogP contribution in [0, 0.1) is 5.92 Å². The fraction of sp³-hybridized carbons (Fsp3) is 0.467. The lowest BCUT2D eigenvalue weighted by atomic mass is 9.79. The van der Waals surface area contributed by atoms with Crippen LogP contribution in [0.5, 0.6) is 5.88 Å². The number of rotatable bonds is 9. The van der Waals surface area contributed by atoms with Gasteiger partial charge in [0.1, 0.15) is 28.9 Å². The van der Waals surface area contributed by atoms with Crippen LogP contribution in [-0.2, 0) is 15.2 Å². The summed E-state index contributed by atoms with van der Waals surface area (Å²) in [5, 5.41) is 10.9. The quantitative estimate of drug-likeness (QED) is 0.236. The molecule has 1 N–H and O–H groups in total. The van der Waals surface area contributed by atoms with Crippen LogP contribution >= 0.6 is 11.6 Å². The molecule has 0 saturated carbocycles. The summed E-state index contributed by atoms with van der Waals surface area (Å²) >= 11 is 6.27. The van der Waals surface area contributed by atoms with Crippen LogP contribution in [0.3, 0.4) is 0 Å². The number of ether oxygens (including phenoxy) is 2. The van der Waals surface area contributed by atoms with E-state index < -0.39 is 42.0 Å². The van der Waals surface area contributed by atoms with Crippen molar-refractivity contribution in [1.29, 1.82) is 0 Å². The second kappa shape index (κ2) is 12.0. The zero-order chi connectivity index (χ0) is 31.2. The molecular weight excluding hydrogens is 603 g/mol. The van der Waals surface area contributed by atoms with Gasteiger partial charge in [-0.2, -0.15) is 0 Å². The first kappa shape index (κ1) is 30.4. The second-order valence-corrected chi connectivity index (χ2v) is 11.6. The zero-order valence-corrected chi connectivity index (χ0v) is 24.8. The Morgan fingerprint density at radius 2 is 2.07 bits per heavy atom. The minimum absolute atomic E-state index is 0.00263. The summed E-state index contributed by atoms with van der Waals surface area (Å²) in [5.74, 6) is -2.50. The molecule has 0 bridgehead atoms. The van der Waals surface area contributed by atoms with Crippen molar-refractivity contribution in [2.75, 3.05) is 37.9 Å². The van der Waals surface area contributed by atoms with Crippen LogP contribution in [0.1, 0.15) is 44.5 Å². The summed E-state index contributed by atoms with van der Waals surface area (Å²) in [5.41, 5.74) is -1.00. The number of carboxylic acid groups (broad SMARTS) is 1. The number of alkyl halides is 3. The highest BCUT2D eigenvalue weighted by Gasteiger charge is 2.46. The topological polar surface area (TPSA) is 114 Å². The third-order valence-corrected chi connectivity index (χ3v) is 8.57. The van der Waals surface area contributed by atoms with Gasteiger partial charge in [0.15, 0.2) is 17.2 Å². The molecule has 14 heteroatoms. The van der Waals surface area contributed by atoms with Crippen molar-refractivity contribution in [2.24, 2.45) is 5.92 Å². The van der Waals surface area contributed by atoms with E-state index in [1.54, 1.807) is 31.2 Å². The first-order chi connectivity index (χ1) is 21.1. The molecule has 234 valence electrons. The van der Waals surface area contributed by atoms with Gasteiger partial charge in [-0.15, -0.1) is 0 Å². The number of anilines is 1. The fourth-order valence-electron chi connectivity index (χ4n) is 6.14. The van der Waals surface area contributed by atoms with Gasteiger partial charge in [-0.1, -0.05) is 30.7 Å². The van der Waals surface area contributed by atoms with Gasteiger partial charge in [0.2, 0.25) is 5.88 Å². The molecule has 6 rings (SSSR count). The normalized spacial score (nSPS) is 24.5. The Bertz CT molecular complexity index is 1690. The standard InChI is InChI=1S/C30H31ClF3N5O5/c1-3-42-15-38-9-8-30(34,16(2)13-38)20-10-17(31)12-35-28(20)43-18-11-21(29(40)41)39(14-18)27-24-23(36-26(37-27)25(32)33)19-6-4-5-7-22(19)44-24/h4-7,10,12,16,18,21,25H,3,8-9,11,13-15H2,1-2H3,(H,40,41)/t16-,18-,21-,30+/m0/s1. The van der Waals surface area contributed by atoms with Crippen molar-refractivity contribution in [3.05, 3.63) is 52.9 Å². The van der Waals surface area contributed by atoms with E-state index in [0.29, 0.717) is 37.4 Å². The van der Waals surface area contributed by atoms with Crippen molar-refractivity contribution in [3.8, 4) is 5.88 Å². The summed E-state index contributed by atoms with van der Waals surface area (Å²) in [6.07, 6.45) is -2.36. The molecule has 44 heavy (non-hydrogen) atoms. The highest BCUT2D eigenvalue weighted by Crippen LogP contribution is 2.46. The first-order valence-corrected chi connectivity index (χ1v) is 14.7. The van der Waals surface area contributed by atoms with E-state index in [9.17, 15) is 18.7 Å². The Balaban J connectivity index is 1.33. The largest absolute Gasteiger partial charge is 0.480 e. The average molecular weight is 634 g/mol. The van der Waals surface area contributed by atoms with Gasteiger partial charge in [-0.25, -0.2) is 32.9 Å². The number of nitrogens with zero attached hydrogens (tertiary/aromatic N) is 5. The van der Waals surface area contributed by atoms with Crippen molar-refractivity contribution < 1.29 is 37.0 Å². The predicted octanol–water partition coefficient (Wildman–Crippen LogP) is 5.97. The third-order valence-electron chi connectivity index (χ3n) is 8.36. The van der Waals surface area contributed by atoms with Crippen molar-refractivity contribution in [2.45, 2.75) is 50.9 Å². The van der Waals surface area contributed by atoms with E-state index >= 15 is 4.39 Å². The number of piperidine rings is 1. The summed E-state index contributed by atoms with van der Waals surface area (Å²) < 4.78 is 62.3. The maximum atomic E-state index is 16.8. The Kier molecular flexibility index (Phi) is 8.29. The zero-order valence-electron chi connectivity index (χ0n) is 24.1. The number of aromatic nitrogens is 3. The first-order valence-electron chi connectivity index (χ1n) is 14.4. The third kappa shape index (κ3) is 5.52. The summed E-state index contributed by atoms with van der Waals surface area (Å²) in [7, 11) is 0. The molecule has 2 fully saturated rings. The number of benzene rings is 1. The highest BCUT2D eigenvalue weighted by atomic mass is 35.5. The highest BCUT2D eigenvalue weighted by molar-refractivity contribution is 6.30. The molecule has 2 saturated heterocycles. The lowest BCUT2D eigenvalue weighted by Gasteiger charge is -2.41. The number of fused-ring (bicyclic) bond motifs is 3. The average Bonchev–Trinajstić information content (AvgIpc) is 3.60. The van der Waals surface area contributed by atoms with Crippen LogP contribution in [-0.4, -0.2) is 76.0 Å². The van der Waals surface area contributed by atoms with Gasteiger partial charge in [0.25, 0.3) is 6.43 Å². The van der Waals surface area contributed by atoms with Gasteiger partial charge in [-0.05, 0) is 31.5 Å². The number of hydrogen-bond acceptors (Lipinski definition) is 9. The maximum absolute atomic E-state index is 16.8. The van der Waals surface area contributed by atoms with E-state index in [4.69, 9.17) is 25.5 Å². The molecule has 4 atom stereocenters. The van der Waals surface area contributed by atoms with Crippen LogP contribution < -0.4 is 9.64 Å². The summed E-state index contributed by atoms with van der Waals surface area (Å²) in [6.45, 7) is 5.47. The molecule has 5 heterocycles. The monoisotopic (exact) mass is 633 g/mol. The molecule has 0 unspecified atom stereocenters. The number of aliphatic carboxylic acids is 1. The van der Waals surface area contributed by atoms with Crippen molar-refractivity contribution in [1.82, 2.24) is 19.9 Å². The number of carbonyl (C=O) groups is 1. The number of furan rings is 1. The van der Waals surface area contributed by atoms with Gasteiger partial charge in [0, 0.05) is 43.6 Å². The Morgan fingerprint density at radius 3 is 2.80 bits per heavy atom. The van der Waals surface area contributed by atoms with E-state index in [2.05, 4.69) is 15.0 Å². The number of para-hydroxylation sites is 1. The Labute approximate surface area is 255 Å². The predicted molar refractivity (Wildman–Crippen MR) is 156 cm³/mol. The maximum Gasteiger partial charge on any atom is 0.326 e. The van der Waals surface area contributed by atoms with Gasteiger partial charge in [0.05, 0.1) is 23.9 Å². The molecule has 0 spiro atoms. The Hall–Kier alpha value is -3.68. The lowest BCUT2D eigenvalue weighted by Crippen LogP contribution is -2.47. The molecule has 1 aromatic carbocycles. The molecule has 0 aliphatic carbocycles. The number of carboxylic acids is 1. The van der Waals surface area contributed by atoms with Gasteiger partial charge in [-0.3, -0.25) is 4.90 Å². The van der Waals surface area contributed by atoms with E-state index in [1.165, 1.54) is 17.2 Å². The van der Waals surface area contributed by atoms with Crippen LogP contribution in [0.15, 0.2) is 40.9 Å². The second-order valence-electron chi connectivity index (χ2n) is 11.2. The van der Waals surface area contributed by atoms with Crippen LogP contribution in [0.4, 0.5) is 19.0 Å². The smallest absolute Gasteiger partial charge is 0.326 e. The van der Waals surface area contributed by atoms with Crippen LogP contribution in [0.2, 0.25) is 5.02 Å². The molecule has 3 aromatic heterocycles. The number of pyridine rings is 1. The van der Waals surface area contributed by atoms with E-state index in [0.717, 1.165) is 0 Å². The molecule has 0 radical (unpaired) electrons. The van der Waals surface area contributed by atoms with Gasteiger partial charge < -0.3 is 23.9 Å². The molecule has 10 nitrogen and oxygen atoms in total. The summed E-state index contributed by atoms with van der Waals surface area (Å²) in [6, 6.07) is 7.09.